The van der Waals surface area contributed by atoms with E-state index in [0.717, 1.165) is 41.6 Å². The molecular formula is C25H24FN5O3S. The van der Waals surface area contributed by atoms with Crippen molar-refractivity contribution in [3.63, 3.8) is 0 Å². The molecule has 1 aliphatic heterocycles. The van der Waals surface area contributed by atoms with Gasteiger partial charge in [0.25, 0.3) is 0 Å². The van der Waals surface area contributed by atoms with Gasteiger partial charge >= 0.3 is 0 Å². The molecular weight excluding hydrogens is 469 g/mol. The van der Waals surface area contributed by atoms with Gasteiger partial charge in [0.05, 0.1) is 12.1 Å². The Morgan fingerprint density at radius 3 is 2.74 bits per heavy atom. The Bertz CT molecular complexity index is 1590. The molecule has 1 N–H and O–H groups in total. The molecule has 0 amide bonds. The molecule has 2 aliphatic rings. The normalized spacial score (nSPS) is 15.3. The number of benzene rings is 1. The number of aromatic nitrogens is 4. The quantitative estimate of drug-likeness (QED) is 0.432. The first-order valence-electron chi connectivity index (χ1n) is 11.5. The van der Waals surface area contributed by atoms with Gasteiger partial charge in [-0.1, -0.05) is 6.07 Å². The average molecular weight is 494 g/mol. The Labute approximate surface area is 202 Å². The Morgan fingerprint density at radius 1 is 1.17 bits per heavy atom. The predicted molar refractivity (Wildman–Crippen MR) is 129 cm³/mol. The summed E-state index contributed by atoms with van der Waals surface area (Å²) in [6.45, 7) is 2.61. The molecule has 1 fully saturated rings. The van der Waals surface area contributed by atoms with Crippen molar-refractivity contribution in [2.75, 3.05) is 18.2 Å². The third kappa shape index (κ3) is 3.81. The molecule has 1 saturated carbocycles. The van der Waals surface area contributed by atoms with E-state index in [2.05, 4.69) is 15.3 Å². The summed E-state index contributed by atoms with van der Waals surface area (Å²) in [5, 5.41) is 3.13. The Kier molecular flexibility index (Phi) is 5.03. The van der Waals surface area contributed by atoms with Crippen molar-refractivity contribution in [1.82, 2.24) is 19.4 Å². The van der Waals surface area contributed by atoms with Crippen molar-refractivity contribution < 1.29 is 17.5 Å². The molecule has 180 valence electrons. The smallest absolute Gasteiger partial charge is 0.209 e. The zero-order valence-electron chi connectivity index (χ0n) is 19.4. The van der Waals surface area contributed by atoms with Crippen LogP contribution in [0.2, 0.25) is 0 Å². The van der Waals surface area contributed by atoms with Crippen LogP contribution in [-0.2, 0) is 22.8 Å². The first-order chi connectivity index (χ1) is 16.8. The maximum absolute atomic E-state index is 14.6. The number of pyridine rings is 1. The van der Waals surface area contributed by atoms with E-state index in [0.29, 0.717) is 47.3 Å². The standard InChI is InChI=1S/C25H24FN5O3S/c1-14-16(5-7-21(30-14)15-3-4-15)19-12-28-25(31-13-29-24(23(19)31)35(2,32)33)27-11-18-17-9-10-34-22(17)8-6-20(18)26/h5-8,12-13,15H,3-4,9-11H2,1-2H3,(H,27,28). The highest BCUT2D eigenvalue weighted by Gasteiger charge is 2.27. The van der Waals surface area contributed by atoms with Crippen molar-refractivity contribution >= 4 is 21.3 Å². The van der Waals surface area contributed by atoms with Crippen LogP contribution >= 0.6 is 0 Å². The minimum Gasteiger partial charge on any atom is -0.493 e. The Hall–Kier alpha value is -3.53. The van der Waals surface area contributed by atoms with Crippen molar-refractivity contribution in [2.45, 2.75) is 43.7 Å². The topological polar surface area (TPSA) is 98.5 Å². The monoisotopic (exact) mass is 493 g/mol. The Balaban J connectivity index is 1.44. The maximum atomic E-state index is 14.6. The van der Waals surface area contributed by atoms with Crippen LogP contribution in [0.3, 0.4) is 0 Å². The van der Waals surface area contributed by atoms with Crippen LogP contribution < -0.4 is 10.1 Å². The van der Waals surface area contributed by atoms with E-state index in [1.54, 1.807) is 16.7 Å². The summed E-state index contributed by atoms with van der Waals surface area (Å²) < 4.78 is 47.0. The number of aryl methyl sites for hydroxylation is 1. The van der Waals surface area contributed by atoms with Crippen LogP contribution in [0.15, 0.2) is 41.8 Å². The van der Waals surface area contributed by atoms with Crippen molar-refractivity contribution in [3.8, 4) is 16.9 Å². The second-order valence-corrected chi connectivity index (χ2v) is 11.1. The first-order valence-corrected chi connectivity index (χ1v) is 13.4. The lowest BCUT2D eigenvalue weighted by Gasteiger charge is -2.14. The number of nitrogens with zero attached hydrogens (tertiary/aromatic N) is 4. The van der Waals surface area contributed by atoms with Crippen molar-refractivity contribution in [3.05, 3.63) is 65.1 Å². The lowest BCUT2D eigenvalue weighted by atomic mass is 10.0. The second-order valence-electron chi connectivity index (χ2n) is 9.13. The number of halogens is 1. The molecule has 4 aromatic rings. The molecule has 0 bridgehead atoms. The number of nitrogens with one attached hydrogen (secondary N) is 1. The molecule has 6 rings (SSSR count). The van der Waals surface area contributed by atoms with E-state index in [-0.39, 0.29) is 17.4 Å². The molecule has 1 aliphatic carbocycles. The SMILES string of the molecule is Cc1nc(C2CC2)ccc1-c1cnc(NCc2c(F)ccc3c2CCO3)n2cnc(S(C)(=O)=O)c12. The van der Waals surface area contributed by atoms with E-state index in [4.69, 9.17) is 9.72 Å². The van der Waals surface area contributed by atoms with Gasteiger partial charge in [-0.3, -0.25) is 9.38 Å². The van der Waals surface area contributed by atoms with Gasteiger partial charge in [0, 0.05) is 65.0 Å². The van der Waals surface area contributed by atoms with Gasteiger partial charge in [-0.05, 0) is 38.0 Å². The van der Waals surface area contributed by atoms with Crippen LogP contribution in [0.4, 0.5) is 10.3 Å². The summed E-state index contributed by atoms with van der Waals surface area (Å²) in [7, 11) is -3.62. The number of sulfone groups is 1. The number of anilines is 1. The highest BCUT2D eigenvalue weighted by atomic mass is 32.2. The van der Waals surface area contributed by atoms with E-state index < -0.39 is 9.84 Å². The molecule has 35 heavy (non-hydrogen) atoms. The second kappa shape index (κ2) is 8.01. The van der Waals surface area contributed by atoms with Crippen LogP contribution in [0.5, 0.6) is 5.75 Å². The van der Waals surface area contributed by atoms with Crippen LogP contribution in [-0.4, -0.2) is 40.6 Å². The summed E-state index contributed by atoms with van der Waals surface area (Å²) in [5.41, 5.74) is 5.06. The number of fused-ring (bicyclic) bond motifs is 2. The predicted octanol–water partition coefficient (Wildman–Crippen LogP) is 4.07. The number of rotatable bonds is 6. The highest BCUT2D eigenvalue weighted by Crippen LogP contribution is 2.40. The lowest BCUT2D eigenvalue weighted by molar-refractivity contribution is 0.356. The average Bonchev–Trinajstić information content (AvgIpc) is 3.37. The highest BCUT2D eigenvalue weighted by molar-refractivity contribution is 7.90. The third-order valence-corrected chi connectivity index (χ3v) is 7.64. The van der Waals surface area contributed by atoms with Gasteiger partial charge in [-0.15, -0.1) is 0 Å². The molecule has 8 nitrogen and oxygen atoms in total. The van der Waals surface area contributed by atoms with Crippen molar-refractivity contribution in [1.29, 1.82) is 0 Å². The van der Waals surface area contributed by atoms with E-state index in [1.165, 1.54) is 12.4 Å². The number of hydrogen-bond acceptors (Lipinski definition) is 7. The van der Waals surface area contributed by atoms with E-state index in [9.17, 15) is 12.8 Å². The molecule has 10 heteroatoms. The molecule has 0 unspecified atom stereocenters. The molecule has 4 heterocycles. The van der Waals surface area contributed by atoms with Gasteiger partial charge in [-0.25, -0.2) is 22.8 Å². The van der Waals surface area contributed by atoms with E-state index in [1.807, 2.05) is 19.1 Å². The minimum absolute atomic E-state index is 0.0381. The number of imidazole rings is 1. The molecule has 0 saturated heterocycles. The summed E-state index contributed by atoms with van der Waals surface area (Å²) >= 11 is 0. The maximum Gasteiger partial charge on any atom is 0.209 e. The van der Waals surface area contributed by atoms with Gasteiger partial charge in [0.1, 0.15) is 17.9 Å². The van der Waals surface area contributed by atoms with Gasteiger partial charge in [-0.2, -0.15) is 0 Å². The molecule has 1 aromatic carbocycles. The fourth-order valence-corrected chi connectivity index (χ4v) is 5.53. The molecule has 3 aromatic heterocycles. The lowest BCUT2D eigenvalue weighted by Crippen LogP contribution is -2.10. The third-order valence-electron chi connectivity index (χ3n) is 6.64. The van der Waals surface area contributed by atoms with Crippen LogP contribution in [0, 0.1) is 12.7 Å². The minimum atomic E-state index is -3.62. The van der Waals surface area contributed by atoms with Gasteiger partial charge in [0.2, 0.25) is 5.95 Å². The van der Waals surface area contributed by atoms with Gasteiger partial charge in [0.15, 0.2) is 14.9 Å². The summed E-state index contributed by atoms with van der Waals surface area (Å²) in [6, 6.07) is 7.01. The largest absolute Gasteiger partial charge is 0.493 e. The number of hydrogen-bond donors (Lipinski definition) is 1. The Morgan fingerprint density at radius 2 is 2.00 bits per heavy atom. The fraction of sp³-hybridized carbons (Fsp3) is 0.320. The van der Waals surface area contributed by atoms with Crippen molar-refractivity contribution in [2.24, 2.45) is 0 Å². The van der Waals surface area contributed by atoms with Crippen LogP contribution in [0.25, 0.3) is 16.6 Å². The number of ether oxygens (including phenoxy) is 1. The zero-order chi connectivity index (χ0) is 24.3. The molecule has 0 atom stereocenters. The fourth-order valence-electron chi connectivity index (χ4n) is 4.73. The van der Waals surface area contributed by atoms with Crippen LogP contribution in [0.1, 0.15) is 41.3 Å². The summed E-state index contributed by atoms with van der Waals surface area (Å²) in [5.74, 6) is 1.24. The van der Waals surface area contributed by atoms with Gasteiger partial charge < -0.3 is 10.1 Å². The molecule has 0 radical (unpaired) electrons. The zero-order valence-corrected chi connectivity index (χ0v) is 20.2. The summed E-state index contributed by atoms with van der Waals surface area (Å²) in [4.78, 5) is 13.5. The molecule has 0 spiro atoms. The first kappa shape index (κ1) is 22.0. The van der Waals surface area contributed by atoms with E-state index >= 15 is 0 Å². The summed E-state index contributed by atoms with van der Waals surface area (Å²) in [6.07, 6.45) is 7.13.